The molecule has 2 rings (SSSR count). The van der Waals surface area contributed by atoms with Gasteiger partial charge in [0.15, 0.2) is 0 Å². The first-order valence-electron chi connectivity index (χ1n) is 5.93. The van der Waals surface area contributed by atoms with Crippen LogP contribution in [0, 0.1) is 5.92 Å². The highest BCUT2D eigenvalue weighted by Crippen LogP contribution is 2.26. The minimum absolute atomic E-state index is 0.0514. The van der Waals surface area contributed by atoms with Crippen LogP contribution < -0.4 is 5.32 Å². The molecule has 0 saturated heterocycles. The molecular formula is C14H16N2OS. The van der Waals surface area contributed by atoms with E-state index in [2.05, 4.69) is 30.2 Å². The van der Waals surface area contributed by atoms with E-state index < -0.39 is 0 Å². The minimum Gasteiger partial charge on any atom is -0.344 e. The molecule has 0 aromatic carbocycles. The fourth-order valence-electron chi connectivity index (χ4n) is 1.76. The third-order valence-electron chi connectivity index (χ3n) is 2.75. The Morgan fingerprint density at radius 2 is 2.00 bits per heavy atom. The molecule has 0 fully saturated rings. The first kappa shape index (κ1) is 12.8. The van der Waals surface area contributed by atoms with Crippen molar-refractivity contribution in [1.29, 1.82) is 0 Å². The summed E-state index contributed by atoms with van der Waals surface area (Å²) in [5.74, 6) is 0.305. The van der Waals surface area contributed by atoms with Gasteiger partial charge in [0.2, 0.25) is 0 Å². The van der Waals surface area contributed by atoms with Crippen molar-refractivity contribution in [3.05, 3.63) is 52.5 Å². The third kappa shape index (κ3) is 2.96. The summed E-state index contributed by atoms with van der Waals surface area (Å²) >= 11 is 1.67. The van der Waals surface area contributed by atoms with Gasteiger partial charge >= 0.3 is 0 Å². The van der Waals surface area contributed by atoms with Crippen molar-refractivity contribution in [2.45, 2.75) is 19.9 Å². The normalized spacial score (nSPS) is 12.4. The van der Waals surface area contributed by atoms with E-state index in [0.717, 1.165) is 0 Å². The smallest absolute Gasteiger partial charge is 0.251 e. The lowest BCUT2D eigenvalue weighted by atomic mass is 10.0. The number of amides is 1. The lowest BCUT2D eigenvalue weighted by Gasteiger charge is -2.21. The fourth-order valence-corrected chi connectivity index (χ4v) is 2.71. The Morgan fingerprint density at radius 3 is 2.56 bits per heavy atom. The Hall–Kier alpha value is -1.68. The lowest BCUT2D eigenvalue weighted by Crippen LogP contribution is -2.31. The van der Waals surface area contributed by atoms with Crippen molar-refractivity contribution in [1.82, 2.24) is 10.3 Å². The van der Waals surface area contributed by atoms with Crippen LogP contribution in [0.4, 0.5) is 0 Å². The monoisotopic (exact) mass is 260 g/mol. The van der Waals surface area contributed by atoms with Crippen molar-refractivity contribution in [3.63, 3.8) is 0 Å². The summed E-state index contributed by atoms with van der Waals surface area (Å²) in [6.45, 7) is 4.22. The molecule has 0 radical (unpaired) electrons. The number of thiophene rings is 1. The lowest BCUT2D eigenvalue weighted by molar-refractivity contribution is 0.0926. The molecule has 2 aromatic heterocycles. The maximum absolute atomic E-state index is 12.1. The van der Waals surface area contributed by atoms with Crippen LogP contribution >= 0.6 is 11.3 Å². The van der Waals surface area contributed by atoms with E-state index in [9.17, 15) is 4.79 Å². The van der Waals surface area contributed by atoms with Gasteiger partial charge in [-0.3, -0.25) is 9.78 Å². The summed E-state index contributed by atoms with van der Waals surface area (Å²) in [6, 6.07) is 7.57. The topological polar surface area (TPSA) is 42.0 Å². The summed E-state index contributed by atoms with van der Waals surface area (Å²) in [4.78, 5) is 17.2. The molecule has 0 aliphatic carbocycles. The number of hydrogen-bond acceptors (Lipinski definition) is 3. The van der Waals surface area contributed by atoms with E-state index in [1.807, 2.05) is 11.4 Å². The zero-order valence-corrected chi connectivity index (χ0v) is 11.3. The number of rotatable bonds is 4. The van der Waals surface area contributed by atoms with Crippen LogP contribution in [0.1, 0.15) is 35.1 Å². The standard InChI is InChI=1S/C14H16N2OS/c1-10(2)13(12-4-3-9-18-12)16-14(17)11-5-7-15-8-6-11/h3-10,13H,1-2H3,(H,16,17). The Labute approximate surface area is 111 Å². The number of pyridine rings is 1. The molecule has 4 heteroatoms. The second kappa shape index (κ2) is 5.78. The van der Waals surface area contributed by atoms with Gasteiger partial charge in [0.25, 0.3) is 5.91 Å². The molecule has 1 unspecified atom stereocenters. The van der Waals surface area contributed by atoms with Gasteiger partial charge in [-0.05, 0) is 29.5 Å². The molecule has 1 amide bonds. The zero-order valence-electron chi connectivity index (χ0n) is 10.5. The molecular weight excluding hydrogens is 244 g/mol. The molecule has 94 valence electrons. The van der Waals surface area contributed by atoms with E-state index in [-0.39, 0.29) is 11.9 Å². The predicted molar refractivity (Wildman–Crippen MR) is 73.6 cm³/mol. The van der Waals surface area contributed by atoms with Crippen LogP contribution in [0.3, 0.4) is 0 Å². The molecule has 0 bridgehead atoms. The average Bonchev–Trinajstić information content (AvgIpc) is 2.90. The second-order valence-electron chi connectivity index (χ2n) is 4.45. The van der Waals surface area contributed by atoms with Gasteiger partial charge in [0.05, 0.1) is 6.04 Å². The first-order chi connectivity index (χ1) is 8.68. The summed E-state index contributed by atoms with van der Waals surface area (Å²) in [5, 5.41) is 5.11. The average molecular weight is 260 g/mol. The summed E-state index contributed by atoms with van der Waals surface area (Å²) in [6.07, 6.45) is 3.26. The Morgan fingerprint density at radius 1 is 1.28 bits per heavy atom. The number of carbonyl (C=O) groups is 1. The number of nitrogens with zero attached hydrogens (tertiary/aromatic N) is 1. The molecule has 1 atom stereocenters. The van der Waals surface area contributed by atoms with Crippen molar-refractivity contribution < 1.29 is 4.79 Å². The largest absolute Gasteiger partial charge is 0.344 e. The van der Waals surface area contributed by atoms with E-state index in [1.165, 1.54) is 4.88 Å². The van der Waals surface area contributed by atoms with Crippen LogP contribution in [0.5, 0.6) is 0 Å². The molecule has 0 aliphatic rings. The van der Waals surface area contributed by atoms with Crippen LogP contribution in [0.2, 0.25) is 0 Å². The van der Waals surface area contributed by atoms with Gasteiger partial charge in [0, 0.05) is 22.8 Å². The number of hydrogen-bond donors (Lipinski definition) is 1. The van der Waals surface area contributed by atoms with Crippen molar-refractivity contribution in [3.8, 4) is 0 Å². The zero-order chi connectivity index (χ0) is 13.0. The van der Waals surface area contributed by atoms with E-state index in [0.29, 0.717) is 11.5 Å². The number of carbonyl (C=O) groups excluding carboxylic acids is 1. The fraction of sp³-hybridized carbons (Fsp3) is 0.286. The Balaban J connectivity index is 2.13. The quantitative estimate of drug-likeness (QED) is 0.916. The summed E-state index contributed by atoms with van der Waals surface area (Å²) < 4.78 is 0. The van der Waals surface area contributed by atoms with Crippen LogP contribution in [0.15, 0.2) is 42.0 Å². The molecule has 0 saturated carbocycles. The predicted octanol–water partition coefficient (Wildman–Crippen LogP) is 3.27. The van der Waals surface area contributed by atoms with Gasteiger partial charge < -0.3 is 5.32 Å². The minimum atomic E-state index is -0.0514. The molecule has 2 aromatic rings. The third-order valence-corrected chi connectivity index (χ3v) is 3.70. The van der Waals surface area contributed by atoms with Gasteiger partial charge in [0.1, 0.15) is 0 Å². The highest BCUT2D eigenvalue weighted by atomic mass is 32.1. The van der Waals surface area contributed by atoms with Crippen molar-refractivity contribution in [2.24, 2.45) is 5.92 Å². The summed E-state index contributed by atoms with van der Waals surface area (Å²) in [7, 11) is 0. The molecule has 3 nitrogen and oxygen atoms in total. The molecule has 2 heterocycles. The van der Waals surface area contributed by atoms with E-state index in [1.54, 1.807) is 35.9 Å². The van der Waals surface area contributed by atoms with Crippen molar-refractivity contribution >= 4 is 17.2 Å². The maximum Gasteiger partial charge on any atom is 0.251 e. The second-order valence-corrected chi connectivity index (χ2v) is 5.43. The van der Waals surface area contributed by atoms with Gasteiger partial charge in [-0.1, -0.05) is 19.9 Å². The molecule has 0 spiro atoms. The Kier molecular flexibility index (Phi) is 4.10. The van der Waals surface area contributed by atoms with Gasteiger partial charge in [-0.2, -0.15) is 0 Å². The highest BCUT2D eigenvalue weighted by Gasteiger charge is 2.19. The van der Waals surface area contributed by atoms with Crippen LogP contribution in [-0.2, 0) is 0 Å². The van der Waals surface area contributed by atoms with Crippen molar-refractivity contribution in [2.75, 3.05) is 0 Å². The SMILES string of the molecule is CC(C)C(NC(=O)c1ccncc1)c1cccs1. The van der Waals surface area contributed by atoms with Gasteiger partial charge in [-0.15, -0.1) is 11.3 Å². The maximum atomic E-state index is 12.1. The first-order valence-corrected chi connectivity index (χ1v) is 6.80. The Bertz CT molecular complexity index is 494. The van der Waals surface area contributed by atoms with Crippen LogP contribution in [-0.4, -0.2) is 10.9 Å². The van der Waals surface area contributed by atoms with E-state index >= 15 is 0 Å². The van der Waals surface area contributed by atoms with Gasteiger partial charge in [-0.25, -0.2) is 0 Å². The molecule has 1 N–H and O–H groups in total. The van der Waals surface area contributed by atoms with E-state index in [4.69, 9.17) is 0 Å². The highest BCUT2D eigenvalue weighted by molar-refractivity contribution is 7.10. The molecule has 18 heavy (non-hydrogen) atoms. The number of nitrogens with one attached hydrogen (secondary N) is 1. The molecule has 0 aliphatic heterocycles. The van der Waals surface area contributed by atoms with Crippen LogP contribution in [0.25, 0.3) is 0 Å². The number of aromatic nitrogens is 1. The summed E-state index contributed by atoms with van der Waals surface area (Å²) in [5.41, 5.74) is 0.646.